The third-order valence-electron chi connectivity index (χ3n) is 2.91. The van der Waals surface area contributed by atoms with Crippen molar-refractivity contribution < 1.29 is 14.9 Å². The van der Waals surface area contributed by atoms with E-state index in [-0.39, 0.29) is 18.3 Å². The van der Waals surface area contributed by atoms with E-state index in [0.717, 1.165) is 11.3 Å². The van der Waals surface area contributed by atoms with Crippen LogP contribution < -0.4 is 5.56 Å². The number of aryl methyl sites for hydroxylation is 1. The number of ether oxygens (including phenoxy) is 1. The second-order valence-electron chi connectivity index (χ2n) is 4.05. The van der Waals surface area contributed by atoms with Crippen molar-refractivity contribution in [2.75, 3.05) is 6.61 Å². The Bertz CT molecular complexity index is 428. The van der Waals surface area contributed by atoms with Crippen molar-refractivity contribution in [3.63, 3.8) is 0 Å². The molecule has 0 aliphatic carbocycles. The summed E-state index contributed by atoms with van der Waals surface area (Å²) in [5, 5.41) is 18.6. The first-order valence-corrected chi connectivity index (χ1v) is 5.26. The first-order chi connectivity index (χ1) is 7.61. The molecule has 3 atom stereocenters. The summed E-state index contributed by atoms with van der Waals surface area (Å²) in [6.45, 7) is 1.60. The van der Waals surface area contributed by atoms with Crippen LogP contribution in [-0.2, 0) is 4.74 Å². The normalized spacial score (nSPS) is 29.6. The van der Waals surface area contributed by atoms with Crippen LogP contribution in [0.5, 0.6) is 0 Å². The first-order valence-electron chi connectivity index (χ1n) is 5.26. The molecule has 0 spiro atoms. The number of aliphatic hydroxyl groups excluding tert-OH is 2. The molecule has 88 valence electrons. The lowest BCUT2D eigenvalue weighted by Gasteiger charge is -2.13. The lowest BCUT2D eigenvalue weighted by molar-refractivity contribution is -0.0228. The van der Waals surface area contributed by atoms with E-state index in [4.69, 9.17) is 9.84 Å². The van der Waals surface area contributed by atoms with Crippen LogP contribution in [0, 0.1) is 6.92 Å². The van der Waals surface area contributed by atoms with Crippen LogP contribution >= 0.6 is 0 Å². The van der Waals surface area contributed by atoms with Crippen molar-refractivity contribution in [2.24, 2.45) is 0 Å². The highest BCUT2D eigenvalue weighted by Gasteiger charge is 2.34. The monoisotopic (exact) mass is 225 g/mol. The van der Waals surface area contributed by atoms with Gasteiger partial charge in [0.1, 0.15) is 6.10 Å². The van der Waals surface area contributed by atoms with E-state index < -0.39 is 12.2 Å². The number of pyridine rings is 1. The Balaban J connectivity index is 2.23. The van der Waals surface area contributed by atoms with Crippen molar-refractivity contribution in [1.29, 1.82) is 0 Å². The van der Waals surface area contributed by atoms with Crippen molar-refractivity contribution in [1.82, 2.24) is 4.98 Å². The molecule has 5 nitrogen and oxygen atoms in total. The standard InChI is InChI=1S/C11H15NO4/c1-6-7(2-3-11(15)12-6)9-4-8(14)10(5-13)16-9/h2-3,8-10,13-14H,4-5H2,1H3,(H,12,15)/t8-,9-,10-/m1/s1. The Morgan fingerprint density at radius 3 is 2.88 bits per heavy atom. The zero-order valence-electron chi connectivity index (χ0n) is 9.01. The molecule has 1 aromatic rings. The molecule has 2 rings (SSSR count). The largest absolute Gasteiger partial charge is 0.394 e. The topological polar surface area (TPSA) is 82.6 Å². The van der Waals surface area contributed by atoms with Crippen molar-refractivity contribution in [3.8, 4) is 0 Å². The molecule has 0 saturated carbocycles. The second kappa shape index (κ2) is 4.37. The predicted octanol–water partition coefficient (Wildman–Crippen LogP) is -0.133. The summed E-state index contributed by atoms with van der Waals surface area (Å²) >= 11 is 0. The first kappa shape index (κ1) is 11.3. The van der Waals surface area contributed by atoms with Crippen LogP contribution in [0.1, 0.15) is 23.8 Å². The van der Waals surface area contributed by atoms with E-state index in [1.54, 1.807) is 13.0 Å². The maximum atomic E-state index is 11.1. The molecule has 16 heavy (non-hydrogen) atoms. The summed E-state index contributed by atoms with van der Waals surface area (Å²) in [6.07, 6.45) is -1.00. The van der Waals surface area contributed by atoms with E-state index in [2.05, 4.69) is 4.98 Å². The fourth-order valence-corrected chi connectivity index (χ4v) is 2.03. The highest BCUT2D eigenvalue weighted by molar-refractivity contribution is 5.22. The molecular formula is C11H15NO4. The fraction of sp³-hybridized carbons (Fsp3) is 0.545. The molecule has 0 bridgehead atoms. The molecular weight excluding hydrogens is 210 g/mol. The Morgan fingerprint density at radius 1 is 1.56 bits per heavy atom. The van der Waals surface area contributed by atoms with Gasteiger partial charge in [0, 0.05) is 23.7 Å². The smallest absolute Gasteiger partial charge is 0.248 e. The minimum absolute atomic E-state index is 0.154. The van der Waals surface area contributed by atoms with Crippen LogP contribution in [0.2, 0.25) is 0 Å². The number of aliphatic hydroxyl groups is 2. The zero-order valence-corrected chi connectivity index (χ0v) is 9.01. The third-order valence-corrected chi connectivity index (χ3v) is 2.91. The minimum atomic E-state index is -0.652. The van der Waals surface area contributed by atoms with E-state index in [1.807, 2.05) is 0 Å². The maximum Gasteiger partial charge on any atom is 0.248 e. The lowest BCUT2D eigenvalue weighted by atomic mass is 10.0. The van der Waals surface area contributed by atoms with Gasteiger partial charge in [-0.3, -0.25) is 4.79 Å². The highest BCUT2D eigenvalue weighted by Crippen LogP contribution is 2.33. The number of rotatable bonds is 2. The van der Waals surface area contributed by atoms with Gasteiger partial charge in [-0.25, -0.2) is 0 Å². The molecule has 1 aliphatic rings. The van der Waals surface area contributed by atoms with E-state index >= 15 is 0 Å². The van der Waals surface area contributed by atoms with Gasteiger partial charge >= 0.3 is 0 Å². The second-order valence-corrected chi connectivity index (χ2v) is 4.05. The summed E-state index contributed by atoms with van der Waals surface area (Å²) in [7, 11) is 0. The number of H-pyrrole nitrogens is 1. The highest BCUT2D eigenvalue weighted by atomic mass is 16.5. The SMILES string of the molecule is Cc1[nH]c(=O)ccc1[C@H]1C[C@@H](O)[C@@H](CO)O1. The minimum Gasteiger partial charge on any atom is -0.394 e. The van der Waals surface area contributed by atoms with Crippen molar-refractivity contribution in [3.05, 3.63) is 33.7 Å². The molecule has 5 heteroatoms. The van der Waals surface area contributed by atoms with Gasteiger partial charge in [-0.1, -0.05) is 0 Å². The fourth-order valence-electron chi connectivity index (χ4n) is 2.03. The van der Waals surface area contributed by atoms with Gasteiger partial charge in [-0.05, 0) is 13.0 Å². The van der Waals surface area contributed by atoms with Crippen LogP contribution in [0.25, 0.3) is 0 Å². The van der Waals surface area contributed by atoms with Crippen molar-refractivity contribution in [2.45, 2.75) is 31.7 Å². The number of nitrogens with one attached hydrogen (secondary N) is 1. The molecule has 1 fully saturated rings. The summed E-state index contributed by atoms with van der Waals surface area (Å²) in [5.74, 6) is 0. The van der Waals surface area contributed by atoms with Gasteiger partial charge in [0.25, 0.3) is 0 Å². The molecule has 0 radical (unpaired) electrons. The number of aromatic nitrogens is 1. The van der Waals surface area contributed by atoms with E-state index in [1.165, 1.54) is 6.07 Å². The molecule has 3 N–H and O–H groups in total. The molecule has 0 aromatic carbocycles. The summed E-state index contributed by atoms with van der Waals surface area (Å²) in [4.78, 5) is 13.7. The van der Waals surface area contributed by atoms with Crippen molar-refractivity contribution >= 4 is 0 Å². The van der Waals surface area contributed by atoms with Crippen LogP contribution in [0.3, 0.4) is 0 Å². The van der Waals surface area contributed by atoms with Crippen LogP contribution in [0.4, 0.5) is 0 Å². The van der Waals surface area contributed by atoms with E-state index in [9.17, 15) is 9.90 Å². The van der Waals surface area contributed by atoms with Crippen LogP contribution in [-0.4, -0.2) is 34.0 Å². The number of hydrogen-bond acceptors (Lipinski definition) is 4. The maximum absolute atomic E-state index is 11.1. The van der Waals surface area contributed by atoms with Gasteiger partial charge in [-0.2, -0.15) is 0 Å². The molecule has 2 heterocycles. The van der Waals surface area contributed by atoms with E-state index in [0.29, 0.717) is 6.42 Å². The average molecular weight is 225 g/mol. The predicted molar refractivity (Wildman–Crippen MR) is 57.1 cm³/mol. The number of hydrogen-bond donors (Lipinski definition) is 3. The Morgan fingerprint density at radius 2 is 2.31 bits per heavy atom. The average Bonchev–Trinajstić information content (AvgIpc) is 2.59. The molecule has 0 amide bonds. The van der Waals surface area contributed by atoms with Gasteiger partial charge in [0.15, 0.2) is 0 Å². The number of aromatic amines is 1. The lowest BCUT2D eigenvalue weighted by Crippen LogP contribution is -2.24. The zero-order chi connectivity index (χ0) is 11.7. The Kier molecular flexibility index (Phi) is 3.09. The Hall–Kier alpha value is -1.17. The van der Waals surface area contributed by atoms with Crippen LogP contribution in [0.15, 0.2) is 16.9 Å². The summed E-state index contributed by atoms with van der Waals surface area (Å²) in [6, 6.07) is 3.13. The summed E-state index contributed by atoms with van der Waals surface area (Å²) in [5.41, 5.74) is 1.44. The van der Waals surface area contributed by atoms with Gasteiger partial charge in [-0.15, -0.1) is 0 Å². The quantitative estimate of drug-likeness (QED) is 0.654. The molecule has 1 saturated heterocycles. The molecule has 0 unspecified atom stereocenters. The molecule has 1 aromatic heterocycles. The van der Waals surface area contributed by atoms with Gasteiger partial charge < -0.3 is 19.9 Å². The molecule has 1 aliphatic heterocycles. The Labute approximate surface area is 92.7 Å². The summed E-state index contributed by atoms with van der Waals surface area (Å²) < 4.78 is 5.51. The van der Waals surface area contributed by atoms with Gasteiger partial charge in [0.2, 0.25) is 5.56 Å². The van der Waals surface area contributed by atoms with Gasteiger partial charge in [0.05, 0.1) is 18.8 Å². The third kappa shape index (κ3) is 2.02.